The van der Waals surface area contributed by atoms with Crippen LogP contribution in [0.3, 0.4) is 0 Å². The number of carbonyl (C=O) groups excluding carboxylic acids is 2. The van der Waals surface area contributed by atoms with E-state index in [-0.39, 0.29) is 36.6 Å². The van der Waals surface area contributed by atoms with E-state index in [0.29, 0.717) is 32.7 Å². The van der Waals surface area contributed by atoms with E-state index in [4.69, 9.17) is 4.74 Å². The van der Waals surface area contributed by atoms with Crippen LogP contribution in [0.1, 0.15) is 25.7 Å². The smallest absolute Gasteiger partial charge is 0.255 e. The molecule has 3 fully saturated rings. The van der Waals surface area contributed by atoms with Gasteiger partial charge >= 0.3 is 0 Å². The Labute approximate surface area is 168 Å². The summed E-state index contributed by atoms with van der Waals surface area (Å²) in [6.45, 7) is 6.73. The summed E-state index contributed by atoms with van der Waals surface area (Å²) in [6.07, 6.45) is 3.83. The molecule has 3 heterocycles. The monoisotopic (exact) mass is 410 g/mol. The maximum absolute atomic E-state index is 12.9. The molecule has 0 aliphatic carbocycles. The Kier molecular flexibility index (Phi) is 9.61. The quantitative estimate of drug-likeness (QED) is 0.724. The summed E-state index contributed by atoms with van der Waals surface area (Å²) in [7, 11) is 1.64. The first-order valence-electron chi connectivity index (χ1n) is 9.20. The normalized spacial score (nSPS) is 23.1. The molecule has 1 N–H and O–H groups in total. The molecule has 3 aliphatic rings. The lowest BCUT2D eigenvalue weighted by atomic mass is 9.90. The van der Waals surface area contributed by atoms with Crippen LogP contribution in [0.5, 0.6) is 0 Å². The predicted molar refractivity (Wildman–Crippen MR) is 105 cm³/mol. The Morgan fingerprint density at radius 1 is 0.923 bits per heavy atom. The second-order valence-corrected chi connectivity index (χ2v) is 7.10. The van der Waals surface area contributed by atoms with Gasteiger partial charge < -0.3 is 19.9 Å². The number of amides is 2. The van der Waals surface area contributed by atoms with Crippen LogP contribution < -0.4 is 5.32 Å². The lowest BCUT2D eigenvalue weighted by molar-refractivity contribution is -0.161. The third-order valence-electron chi connectivity index (χ3n) is 5.67. The van der Waals surface area contributed by atoms with Gasteiger partial charge in [0.1, 0.15) is 5.60 Å². The van der Waals surface area contributed by atoms with Gasteiger partial charge in [-0.15, -0.1) is 24.8 Å². The maximum Gasteiger partial charge on any atom is 0.255 e. The number of piperidine rings is 1. The number of piperazine rings is 1. The van der Waals surface area contributed by atoms with Crippen molar-refractivity contribution in [3.8, 4) is 0 Å². The molecule has 9 heteroatoms. The van der Waals surface area contributed by atoms with E-state index in [0.717, 1.165) is 39.0 Å². The Hall–Kier alpha value is -0.600. The fourth-order valence-electron chi connectivity index (χ4n) is 4.02. The van der Waals surface area contributed by atoms with Gasteiger partial charge in [0.2, 0.25) is 5.91 Å². The molecule has 0 aromatic rings. The third kappa shape index (κ3) is 5.23. The summed E-state index contributed by atoms with van der Waals surface area (Å²) in [5.74, 6) is 0.297. The fourth-order valence-corrected chi connectivity index (χ4v) is 4.02. The highest BCUT2D eigenvalue weighted by atomic mass is 35.5. The molecule has 152 valence electrons. The zero-order valence-corrected chi connectivity index (χ0v) is 17.2. The summed E-state index contributed by atoms with van der Waals surface area (Å²) >= 11 is 0. The third-order valence-corrected chi connectivity index (χ3v) is 5.67. The Morgan fingerprint density at radius 3 is 2.00 bits per heavy atom. The molecule has 3 saturated heterocycles. The van der Waals surface area contributed by atoms with E-state index >= 15 is 0 Å². The molecule has 7 nitrogen and oxygen atoms in total. The van der Waals surface area contributed by atoms with Crippen molar-refractivity contribution >= 4 is 36.6 Å². The van der Waals surface area contributed by atoms with E-state index < -0.39 is 5.60 Å². The molecule has 0 unspecified atom stereocenters. The van der Waals surface area contributed by atoms with E-state index in [1.54, 1.807) is 7.11 Å². The lowest BCUT2D eigenvalue weighted by Gasteiger charge is -2.42. The predicted octanol–water partition coefficient (Wildman–Crippen LogP) is 0.365. The molecule has 3 rings (SSSR count). The number of hydrogen-bond acceptors (Lipinski definition) is 5. The summed E-state index contributed by atoms with van der Waals surface area (Å²) in [5, 5.41) is 3.28. The van der Waals surface area contributed by atoms with Crippen LogP contribution in [0, 0.1) is 0 Å². The molecular formula is C17H32Cl2N4O3. The second kappa shape index (κ2) is 10.7. The molecule has 0 spiro atoms. The molecule has 0 aromatic carbocycles. The van der Waals surface area contributed by atoms with Crippen molar-refractivity contribution in [2.45, 2.75) is 31.3 Å². The number of carbonyl (C=O) groups is 2. The molecule has 0 saturated carbocycles. The number of rotatable bonds is 4. The zero-order chi connectivity index (χ0) is 17.0. The topological polar surface area (TPSA) is 65.1 Å². The van der Waals surface area contributed by atoms with Crippen molar-refractivity contribution in [3.05, 3.63) is 0 Å². The van der Waals surface area contributed by atoms with Crippen LogP contribution in [-0.4, -0.2) is 98.1 Å². The van der Waals surface area contributed by atoms with Crippen molar-refractivity contribution in [2.24, 2.45) is 0 Å². The second-order valence-electron chi connectivity index (χ2n) is 7.10. The Morgan fingerprint density at radius 2 is 1.46 bits per heavy atom. The van der Waals surface area contributed by atoms with Crippen molar-refractivity contribution in [3.63, 3.8) is 0 Å². The summed E-state index contributed by atoms with van der Waals surface area (Å²) in [6, 6.07) is 0. The summed E-state index contributed by atoms with van der Waals surface area (Å²) in [4.78, 5) is 31.3. The lowest BCUT2D eigenvalue weighted by Crippen LogP contribution is -2.60. The molecule has 0 atom stereocenters. The maximum atomic E-state index is 12.9. The van der Waals surface area contributed by atoms with Gasteiger partial charge in [-0.25, -0.2) is 0 Å². The highest BCUT2D eigenvalue weighted by Gasteiger charge is 2.43. The van der Waals surface area contributed by atoms with Crippen molar-refractivity contribution < 1.29 is 14.3 Å². The number of methoxy groups -OCH3 is 1. The molecule has 26 heavy (non-hydrogen) atoms. The van der Waals surface area contributed by atoms with Gasteiger partial charge in [-0.2, -0.15) is 0 Å². The average molecular weight is 411 g/mol. The number of likely N-dealkylation sites (tertiary alicyclic amines) is 1. The fraction of sp³-hybridized carbons (Fsp3) is 0.882. The van der Waals surface area contributed by atoms with Gasteiger partial charge in [0.05, 0.1) is 6.54 Å². The molecular weight excluding hydrogens is 379 g/mol. The number of nitrogens with zero attached hydrogens (tertiary/aromatic N) is 3. The zero-order valence-electron chi connectivity index (χ0n) is 15.6. The van der Waals surface area contributed by atoms with Crippen LogP contribution in [-0.2, 0) is 14.3 Å². The Balaban J connectivity index is 0.00000169. The average Bonchev–Trinajstić information content (AvgIpc) is 3.14. The van der Waals surface area contributed by atoms with Gasteiger partial charge in [-0.1, -0.05) is 0 Å². The van der Waals surface area contributed by atoms with Gasteiger partial charge in [-0.05, 0) is 51.9 Å². The number of nitrogens with one attached hydrogen (secondary N) is 1. The van der Waals surface area contributed by atoms with Crippen molar-refractivity contribution in [2.75, 3.05) is 66.0 Å². The standard InChI is InChI=1S/C17H30N4O3.2ClH/c1-24-17(4-6-18-7-5-17)16(23)21-12-10-20(11-13-21)15(22)14-19-8-2-3-9-19;;/h18H,2-14H2,1H3;2*1H. The van der Waals surface area contributed by atoms with Crippen LogP contribution >= 0.6 is 24.8 Å². The minimum Gasteiger partial charge on any atom is -0.368 e. The first-order chi connectivity index (χ1) is 11.6. The summed E-state index contributed by atoms with van der Waals surface area (Å²) < 4.78 is 5.64. The minimum atomic E-state index is -0.674. The van der Waals surface area contributed by atoms with Gasteiger partial charge in [0.25, 0.3) is 5.91 Å². The highest BCUT2D eigenvalue weighted by Crippen LogP contribution is 2.25. The molecule has 0 aromatic heterocycles. The van der Waals surface area contributed by atoms with Gasteiger partial charge in [0.15, 0.2) is 0 Å². The van der Waals surface area contributed by atoms with E-state index in [1.165, 1.54) is 12.8 Å². The number of halogens is 2. The number of hydrogen-bond donors (Lipinski definition) is 1. The largest absolute Gasteiger partial charge is 0.368 e. The van der Waals surface area contributed by atoms with E-state index in [9.17, 15) is 9.59 Å². The van der Waals surface area contributed by atoms with Crippen LogP contribution in [0.15, 0.2) is 0 Å². The first-order valence-corrected chi connectivity index (χ1v) is 9.20. The van der Waals surface area contributed by atoms with E-state index in [2.05, 4.69) is 10.2 Å². The van der Waals surface area contributed by atoms with Crippen LogP contribution in [0.4, 0.5) is 0 Å². The molecule has 0 bridgehead atoms. The first kappa shape index (κ1) is 23.4. The van der Waals surface area contributed by atoms with E-state index in [1.807, 2.05) is 9.80 Å². The van der Waals surface area contributed by atoms with Crippen molar-refractivity contribution in [1.29, 1.82) is 0 Å². The highest BCUT2D eigenvalue weighted by molar-refractivity contribution is 5.86. The molecule has 3 aliphatic heterocycles. The molecule has 2 amide bonds. The van der Waals surface area contributed by atoms with Gasteiger partial charge in [-0.3, -0.25) is 14.5 Å². The summed E-state index contributed by atoms with van der Waals surface area (Å²) in [5.41, 5.74) is -0.674. The van der Waals surface area contributed by atoms with Crippen LogP contribution in [0.25, 0.3) is 0 Å². The van der Waals surface area contributed by atoms with Gasteiger partial charge in [0, 0.05) is 33.3 Å². The Bertz CT molecular complexity index is 461. The molecule has 0 radical (unpaired) electrons. The number of ether oxygens (including phenoxy) is 1. The SMILES string of the molecule is COC1(C(=O)N2CCN(C(=O)CN3CCCC3)CC2)CCNCC1.Cl.Cl. The van der Waals surface area contributed by atoms with Crippen molar-refractivity contribution in [1.82, 2.24) is 20.0 Å². The minimum absolute atomic E-state index is 0. The van der Waals surface area contributed by atoms with Crippen LogP contribution in [0.2, 0.25) is 0 Å².